The van der Waals surface area contributed by atoms with E-state index in [0.29, 0.717) is 25.4 Å². The molecule has 0 saturated carbocycles. The van der Waals surface area contributed by atoms with Gasteiger partial charge in [0.05, 0.1) is 27.3 Å². The van der Waals surface area contributed by atoms with E-state index in [1.165, 1.54) is 11.8 Å². The Hall–Kier alpha value is -3.22. The van der Waals surface area contributed by atoms with Gasteiger partial charge >= 0.3 is 0 Å². The maximum absolute atomic E-state index is 12.1. The number of nitrogens with zero attached hydrogens (tertiary/aromatic N) is 1. The zero-order valence-corrected chi connectivity index (χ0v) is 16.4. The van der Waals surface area contributed by atoms with E-state index >= 15 is 0 Å². The molecule has 2 aromatic rings. The van der Waals surface area contributed by atoms with E-state index in [1.54, 1.807) is 38.5 Å². The third kappa shape index (κ3) is 6.83. The predicted molar refractivity (Wildman–Crippen MR) is 106 cm³/mol. The average Bonchev–Trinajstić information content (AvgIpc) is 2.71. The molecule has 0 heterocycles. The number of hydrogen-bond donors (Lipinski definition) is 1. The number of nitrogens with one attached hydrogen (secondary N) is 1. The lowest BCUT2D eigenvalue weighted by molar-refractivity contribution is -0.134. The minimum atomic E-state index is -0.234. The Morgan fingerprint density at radius 1 is 0.893 bits per heavy atom. The van der Waals surface area contributed by atoms with Gasteiger partial charge in [-0.25, -0.2) is 0 Å². The van der Waals surface area contributed by atoms with Crippen molar-refractivity contribution in [3.8, 4) is 17.2 Å². The van der Waals surface area contributed by atoms with Crippen LogP contribution in [0.4, 0.5) is 0 Å². The maximum Gasteiger partial charge on any atom is 0.239 e. The Labute approximate surface area is 165 Å². The van der Waals surface area contributed by atoms with Crippen molar-refractivity contribution in [2.45, 2.75) is 13.5 Å². The quantitative estimate of drug-likeness (QED) is 0.634. The van der Waals surface area contributed by atoms with Crippen LogP contribution in [0.3, 0.4) is 0 Å². The summed E-state index contributed by atoms with van der Waals surface area (Å²) in [6.07, 6.45) is 0. The van der Waals surface area contributed by atoms with Crippen molar-refractivity contribution >= 4 is 11.8 Å². The molecule has 0 aromatic heterocycles. The molecule has 0 aliphatic rings. The Bertz CT molecular complexity index is 759. The summed E-state index contributed by atoms with van der Waals surface area (Å²) < 4.78 is 15.8. The fraction of sp³-hybridized carbons (Fsp3) is 0.333. The molecule has 0 spiro atoms. The molecule has 0 aliphatic heterocycles. The summed E-state index contributed by atoms with van der Waals surface area (Å²) in [5.74, 6) is 1.79. The molecule has 0 radical (unpaired) electrons. The molecule has 0 aliphatic carbocycles. The number of amides is 2. The zero-order chi connectivity index (χ0) is 20.4. The molecule has 0 atom stereocenters. The van der Waals surface area contributed by atoms with Gasteiger partial charge in [0.25, 0.3) is 0 Å². The van der Waals surface area contributed by atoms with Crippen LogP contribution in [0.25, 0.3) is 0 Å². The highest BCUT2D eigenvalue weighted by molar-refractivity contribution is 5.83. The van der Waals surface area contributed by atoms with Crippen molar-refractivity contribution < 1.29 is 23.8 Å². The van der Waals surface area contributed by atoms with Gasteiger partial charge in [-0.2, -0.15) is 0 Å². The van der Waals surface area contributed by atoms with Crippen LogP contribution in [-0.2, 0) is 16.1 Å². The second kappa shape index (κ2) is 10.8. The van der Waals surface area contributed by atoms with Gasteiger partial charge in [-0.1, -0.05) is 12.1 Å². The molecule has 0 bridgehead atoms. The maximum atomic E-state index is 12.1. The monoisotopic (exact) mass is 386 g/mol. The molecule has 2 amide bonds. The molecule has 2 aromatic carbocycles. The van der Waals surface area contributed by atoms with E-state index in [-0.39, 0.29) is 18.4 Å². The Morgan fingerprint density at radius 2 is 1.43 bits per heavy atom. The molecule has 28 heavy (non-hydrogen) atoms. The summed E-state index contributed by atoms with van der Waals surface area (Å²) in [5.41, 5.74) is 0.923. The first-order valence-electron chi connectivity index (χ1n) is 8.94. The lowest BCUT2D eigenvalue weighted by atomic mass is 10.2. The lowest BCUT2D eigenvalue weighted by Gasteiger charge is -2.21. The Kier molecular flexibility index (Phi) is 8.14. The third-order valence-corrected chi connectivity index (χ3v) is 4.06. The Balaban J connectivity index is 1.75. The molecule has 0 fully saturated rings. The smallest absolute Gasteiger partial charge is 0.239 e. The summed E-state index contributed by atoms with van der Waals surface area (Å²) in [6.45, 7) is 2.47. The van der Waals surface area contributed by atoms with Crippen LogP contribution in [0.2, 0.25) is 0 Å². The minimum absolute atomic E-state index is 0.0100. The van der Waals surface area contributed by atoms with Crippen molar-refractivity contribution in [2.24, 2.45) is 0 Å². The van der Waals surface area contributed by atoms with E-state index in [2.05, 4.69) is 5.32 Å². The average molecular weight is 386 g/mol. The van der Waals surface area contributed by atoms with Crippen molar-refractivity contribution in [3.05, 3.63) is 54.1 Å². The summed E-state index contributed by atoms with van der Waals surface area (Å²) in [4.78, 5) is 25.5. The van der Waals surface area contributed by atoms with Gasteiger partial charge in [0.1, 0.15) is 23.9 Å². The largest absolute Gasteiger partial charge is 0.497 e. The fourth-order valence-electron chi connectivity index (χ4n) is 2.49. The van der Waals surface area contributed by atoms with Gasteiger partial charge in [-0.05, 0) is 42.0 Å². The fourth-order valence-corrected chi connectivity index (χ4v) is 2.49. The lowest BCUT2D eigenvalue weighted by Crippen LogP contribution is -2.40. The van der Waals surface area contributed by atoms with Crippen LogP contribution in [-0.4, -0.2) is 50.6 Å². The molecule has 0 saturated heterocycles. The molecule has 1 N–H and O–H groups in total. The van der Waals surface area contributed by atoms with Crippen LogP contribution in [0.5, 0.6) is 17.2 Å². The third-order valence-electron chi connectivity index (χ3n) is 4.06. The van der Waals surface area contributed by atoms with Crippen molar-refractivity contribution in [2.75, 3.05) is 33.9 Å². The number of ether oxygens (including phenoxy) is 3. The van der Waals surface area contributed by atoms with Crippen LogP contribution >= 0.6 is 0 Å². The van der Waals surface area contributed by atoms with E-state index in [9.17, 15) is 9.59 Å². The van der Waals surface area contributed by atoms with E-state index in [0.717, 1.165) is 17.1 Å². The number of carbonyl (C=O) groups excluding carboxylic acids is 2. The van der Waals surface area contributed by atoms with E-state index in [1.807, 2.05) is 24.3 Å². The summed E-state index contributed by atoms with van der Waals surface area (Å²) in [7, 11) is 3.20. The van der Waals surface area contributed by atoms with Gasteiger partial charge < -0.3 is 24.4 Å². The first-order chi connectivity index (χ1) is 13.5. The van der Waals surface area contributed by atoms with E-state index < -0.39 is 0 Å². The van der Waals surface area contributed by atoms with Crippen LogP contribution in [0.1, 0.15) is 12.5 Å². The normalized spacial score (nSPS) is 10.1. The molecule has 7 nitrogen and oxygen atoms in total. The predicted octanol–water partition coefficient (Wildman–Crippen LogP) is 2.25. The Morgan fingerprint density at radius 3 is 1.96 bits per heavy atom. The zero-order valence-electron chi connectivity index (χ0n) is 16.4. The SMILES string of the molecule is COc1ccc(CN(CC(=O)NCCOc2ccc(OC)cc2)C(C)=O)cc1. The topological polar surface area (TPSA) is 77.1 Å². The first-order valence-corrected chi connectivity index (χ1v) is 8.94. The van der Waals surface area contributed by atoms with Crippen molar-refractivity contribution in [1.29, 1.82) is 0 Å². The number of methoxy groups -OCH3 is 2. The highest BCUT2D eigenvalue weighted by Crippen LogP contribution is 2.16. The van der Waals surface area contributed by atoms with Gasteiger partial charge in [0.15, 0.2) is 0 Å². The van der Waals surface area contributed by atoms with Gasteiger partial charge in [-0.15, -0.1) is 0 Å². The number of hydrogen-bond acceptors (Lipinski definition) is 5. The van der Waals surface area contributed by atoms with Gasteiger partial charge in [0, 0.05) is 13.5 Å². The standard InChI is InChI=1S/C21H26N2O5/c1-16(24)23(14-17-4-6-18(26-2)7-5-17)15-21(25)22-12-13-28-20-10-8-19(27-3)9-11-20/h4-11H,12-15H2,1-3H3,(H,22,25). The second-order valence-corrected chi connectivity index (χ2v) is 6.10. The van der Waals surface area contributed by atoms with Crippen LogP contribution < -0.4 is 19.5 Å². The molecular weight excluding hydrogens is 360 g/mol. The highest BCUT2D eigenvalue weighted by atomic mass is 16.5. The molecule has 2 rings (SSSR count). The number of benzene rings is 2. The summed E-state index contributed by atoms with van der Waals surface area (Å²) >= 11 is 0. The molecule has 150 valence electrons. The molecule has 7 heteroatoms. The molecular formula is C21H26N2O5. The summed E-state index contributed by atoms with van der Waals surface area (Å²) in [5, 5.41) is 2.76. The van der Waals surface area contributed by atoms with Crippen molar-refractivity contribution in [3.63, 3.8) is 0 Å². The van der Waals surface area contributed by atoms with E-state index in [4.69, 9.17) is 14.2 Å². The highest BCUT2D eigenvalue weighted by Gasteiger charge is 2.14. The number of rotatable bonds is 10. The molecule has 0 unspecified atom stereocenters. The first kappa shape index (κ1) is 21.1. The van der Waals surface area contributed by atoms with Crippen LogP contribution in [0.15, 0.2) is 48.5 Å². The number of carbonyl (C=O) groups is 2. The minimum Gasteiger partial charge on any atom is -0.497 e. The van der Waals surface area contributed by atoms with Crippen LogP contribution in [0, 0.1) is 0 Å². The summed E-state index contributed by atoms with van der Waals surface area (Å²) in [6, 6.07) is 14.6. The second-order valence-electron chi connectivity index (χ2n) is 6.10. The van der Waals surface area contributed by atoms with Gasteiger partial charge in [-0.3, -0.25) is 9.59 Å². The van der Waals surface area contributed by atoms with Gasteiger partial charge in [0.2, 0.25) is 11.8 Å². The van der Waals surface area contributed by atoms with Crippen molar-refractivity contribution in [1.82, 2.24) is 10.2 Å².